The van der Waals surface area contributed by atoms with Gasteiger partial charge in [0, 0.05) is 26.6 Å². The van der Waals surface area contributed by atoms with Gasteiger partial charge in [0.25, 0.3) is 0 Å². The van der Waals surface area contributed by atoms with Gasteiger partial charge in [-0.1, -0.05) is 12.1 Å². The molecule has 4 rings (SSSR count). The Morgan fingerprint density at radius 1 is 1.12 bits per heavy atom. The molecule has 0 saturated carbocycles. The molecule has 0 spiro atoms. The van der Waals surface area contributed by atoms with Crippen LogP contribution >= 0.6 is 11.3 Å². The number of para-hydroxylation sites is 2. The monoisotopic (exact) mass is 338 g/mol. The van der Waals surface area contributed by atoms with E-state index < -0.39 is 0 Å². The van der Waals surface area contributed by atoms with E-state index in [1.807, 2.05) is 36.7 Å². The first-order chi connectivity index (χ1) is 11.7. The number of aryl methyl sites for hydroxylation is 1. The van der Waals surface area contributed by atoms with Gasteiger partial charge in [0.15, 0.2) is 11.6 Å². The molecule has 6 heteroatoms. The van der Waals surface area contributed by atoms with Gasteiger partial charge >= 0.3 is 0 Å². The molecular formula is C18H18N4OS. The van der Waals surface area contributed by atoms with Gasteiger partial charge in [-0.15, -0.1) is 0 Å². The summed E-state index contributed by atoms with van der Waals surface area (Å²) in [5.41, 5.74) is 2.89. The van der Waals surface area contributed by atoms with Crippen molar-refractivity contribution in [3.8, 4) is 0 Å². The number of amides is 1. The zero-order valence-electron chi connectivity index (χ0n) is 13.5. The van der Waals surface area contributed by atoms with Crippen molar-refractivity contribution < 1.29 is 4.79 Å². The van der Waals surface area contributed by atoms with Crippen molar-refractivity contribution in [2.45, 2.75) is 12.8 Å². The molecule has 3 heterocycles. The van der Waals surface area contributed by atoms with Crippen molar-refractivity contribution in [3.63, 3.8) is 0 Å². The van der Waals surface area contributed by atoms with Gasteiger partial charge in [-0.25, -0.2) is 9.97 Å². The summed E-state index contributed by atoms with van der Waals surface area (Å²) in [5, 5.41) is 4.14. The van der Waals surface area contributed by atoms with Gasteiger partial charge in [0.1, 0.15) is 0 Å². The van der Waals surface area contributed by atoms with Gasteiger partial charge in [-0.3, -0.25) is 9.69 Å². The zero-order valence-corrected chi connectivity index (χ0v) is 14.3. The number of likely N-dealkylation sites (N-methyl/N-ethyl adjacent to an activating group) is 1. The van der Waals surface area contributed by atoms with E-state index in [0.717, 1.165) is 29.8 Å². The minimum Gasteiger partial charge on any atom is -0.355 e. The van der Waals surface area contributed by atoms with Gasteiger partial charge in [0.05, 0.1) is 11.0 Å². The van der Waals surface area contributed by atoms with E-state index in [0.29, 0.717) is 18.8 Å². The average Bonchev–Trinajstić information content (AvgIpc) is 3.12. The van der Waals surface area contributed by atoms with Crippen LogP contribution in [-0.4, -0.2) is 36.0 Å². The quantitative estimate of drug-likeness (QED) is 0.736. The molecule has 0 unspecified atom stereocenters. The molecule has 0 N–H and O–H groups in total. The van der Waals surface area contributed by atoms with E-state index in [1.54, 1.807) is 16.2 Å². The topological polar surface area (TPSA) is 49.3 Å². The number of hydrogen-bond donors (Lipinski definition) is 0. The standard InChI is InChI=1S/C18H18N4OS/c1-21-9-10-22(16(23)7-6-13-8-11-24-12-13)18-17(21)19-14-4-2-3-5-15(14)20-18/h2-5,8,11-12H,6-7,9-10H2,1H3. The third kappa shape index (κ3) is 2.73. The molecule has 1 aliphatic rings. The molecule has 122 valence electrons. The van der Waals surface area contributed by atoms with Crippen LogP contribution in [0.25, 0.3) is 11.0 Å². The molecule has 1 aromatic carbocycles. The number of carbonyl (C=O) groups is 1. The van der Waals surface area contributed by atoms with Crippen molar-refractivity contribution >= 4 is 39.9 Å². The van der Waals surface area contributed by atoms with Crippen molar-refractivity contribution in [1.82, 2.24) is 9.97 Å². The second kappa shape index (κ2) is 6.20. The Balaban J connectivity index is 1.64. The zero-order chi connectivity index (χ0) is 16.5. The van der Waals surface area contributed by atoms with Crippen molar-refractivity contribution in [2.24, 2.45) is 0 Å². The fourth-order valence-electron chi connectivity index (χ4n) is 2.94. The second-order valence-corrected chi connectivity index (χ2v) is 6.74. The third-order valence-corrected chi connectivity index (χ3v) is 5.05. The van der Waals surface area contributed by atoms with Crippen molar-refractivity contribution in [1.29, 1.82) is 0 Å². The minimum absolute atomic E-state index is 0.111. The lowest BCUT2D eigenvalue weighted by Crippen LogP contribution is -2.43. The lowest BCUT2D eigenvalue weighted by Gasteiger charge is -2.33. The smallest absolute Gasteiger partial charge is 0.228 e. The molecule has 0 bridgehead atoms. The highest BCUT2D eigenvalue weighted by molar-refractivity contribution is 7.07. The fraction of sp³-hybridized carbons (Fsp3) is 0.278. The maximum atomic E-state index is 12.7. The Hall–Kier alpha value is -2.47. The highest BCUT2D eigenvalue weighted by Gasteiger charge is 2.28. The fourth-order valence-corrected chi connectivity index (χ4v) is 3.65. The maximum Gasteiger partial charge on any atom is 0.228 e. The average molecular weight is 338 g/mol. The van der Waals surface area contributed by atoms with Crippen LogP contribution in [0.3, 0.4) is 0 Å². The number of rotatable bonds is 3. The third-order valence-electron chi connectivity index (χ3n) is 4.32. The van der Waals surface area contributed by atoms with E-state index in [-0.39, 0.29) is 5.91 Å². The van der Waals surface area contributed by atoms with E-state index in [4.69, 9.17) is 9.97 Å². The number of thiophene rings is 1. The van der Waals surface area contributed by atoms with Gasteiger partial charge in [0.2, 0.25) is 5.91 Å². The molecule has 0 fully saturated rings. The Kier molecular flexibility index (Phi) is 3.90. The molecule has 5 nitrogen and oxygen atoms in total. The summed E-state index contributed by atoms with van der Waals surface area (Å²) < 4.78 is 0. The lowest BCUT2D eigenvalue weighted by atomic mass is 10.1. The second-order valence-electron chi connectivity index (χ2n) is 5.96. The van der Waals surface area contributed by atoms with E-state index in [1.165, 1.54) is 5.56 Å². The first kappa shape index (κ1) is 15.1. The number of fused-ring (bicyclic) bond motifs is 2. The van der Waals surface area contributed by atoms with Crippen LogP contribution < -0.4 is 9.80 Å². The van der Waals surface area contributed by atoms with Crippen molar-refractivity contribution in [2.75, 3.05) is 29.9 Å². The molecule has 1 amide bonds. The number of anilines is 2. The Bertz CT molecular complexity index is 878. The van der Waals surface area contributed by atoms with Crippen LogP contribution in [-0.2, 0) is 11.2 Å². The molecule has 3 aromatic rings. The number of nitrogens with zero attached hydrogens (tertiary/aromatic N) is 4. The first-order valence-corrected chi connectivity index (χ1v) is 8.96. The van der Waals surface area contributed by atoms with E-state index >= 15 is 0 Å². The summed E-state index contributed by atoms with van der Waals surface area (Å²) in [7, 11) is 2.00. The van der Waals surface area contributed by atoms with Crippen LogP contribution in [0.5, 0.6) is 0 Å². The summed E-state index contributed by atoms with van der Waals surface area (Å²) >= 11 is 1.66. The van der Waals surface area contributed by atoms with E-state index in [2.05, 4.69) is 16.3 Å². The summed E-state index contributed by atoms with van der Waals surface area (Å²) in [4.78, 5) is 26.0. The number of hydrogen-bond acceptors (Lipinski definition) is 5. The molecule has 0 aliphatic carbocycles. The molecular weight excluding hydrogens is 320 g/mol. The Morgan fingerprint density at radius 2 is 1.88 bits per heavy atom. The number of benzene rings is 1. The highest BCUT2D eigenvalue weighted by atomic mass is 32.1. The normalized spacial score (nSPS) is 14.0. The SMILES string of the molecule is CN1CCN(C(=O)CCc2ccsc2)c2nc3ccccc3nc21. The van der Waals surface area contributed by atoms with Crippen LogP contribution in [0.2, 0.25) is 0 Å². The molecule has 24 heavy (non-hydrogen) atoms. The van der Waals surface area contributed by atoms with Crippen molar-refractivity contribution in [3.05, 3.63) is 46.7 Å². The van der Waals surface area contributed by atoms with Gasteiger partial charge in [-0.05, 0) is 40.9 Å². The first-order valence-electron chi connectivity index (χ1n) is 8.02. The Morgan fingerprint density at radius 3 is 2.58 bits per heavy atom. The van der Waals surface area contributed by atoms with Crippen LogP contribution in [0.1, 0.15) is 12.0 Å². The summed E-state index contributed by atoms with van der Waals surface area (Å²) in [6.07, 6.45) is 1.26. The highest BCUT2D eigenvalue weighted by Crippen LogP contribution is 2.31. The van der Waals surface area contributed by atoms with Crippen LogP contribution in [0, 0.1) is 0 Å². The minimum atomic E-state index is 0.111. The number of aromatic nitrogens is 2. The van der Waals surface area contributed by atoms with Crippen LogP contribution in [0.15, 0.2) is 41.1 Å². The largest absolute Gasteiger partial charge is 0.355 e. The Labute approximate surface area is 144 Å². The molecule has 1 aliphatic heterocycles. The number of carbonyl (C=O) groups excluding carboxylic acids is 1. The summed E-state index contributed by atoms with van der Waals surface area (Å²) in [6, 6.07) is 9.86. The molecule has 0 atom stereocenters. The summed E-state index contributed by atoms with van der Waals surface area (Å²) in [5.74, 6) is 1.57. The summed E-state index contributed by atoms with van der Waals surface area (Å²) in [6.45, 7) is 1.42. The lowest BCUT2D eigenvalue weighted by molar-refractivity contribution is -0.118. The van der Waals surface area contributed by atoms with Gasteiger partial charge in [-0.2, -0.15) is 11.3 Å². The molecule has 0 radical (unpaired) electrons. The maximum absolute atomic E-state index is 12.7. The predicted octanol–water partition coefficient (Wildman–Crippen LogP) is 3.11. The molecule has 2 aromatic heterocycles. The molecule has 0 saturated heterocycles. The van der Waals surface area contributed by atoms with Crippen LogP contribution in [0.4, 0.5) is 11.6 Å². The predicted molar refractivity (Wildman–Crippen MR) is 97.8 cm³/mol. The van der Waals surface area contributed by atoms with Gasteiger partial charge < -0.3 is 4.90 Å². The van der Waals surface area contributed by atoms with E-state index in [9.17, 15) is 4.79 Å².